The number of thiophene rings is 1. The van der Waals surface area contributed by atoms with Gasteiger partial charge >= 0.3 is 0 Å². The molecule has 0 saturated heterocycles. The van der Waals surface area contributed by atoms with Crippen molar-refractivity contribution in [1.29, 1.82) is 0 Å². The van der Waals surface area contributed by atoms with E-state index in [4.69, 9.17) is 0 Å². The summed E-state index contributed by atoms with van der Waals surface area (Å²) < 4.78 is 0. The standard InChI is InChI=1S/C14H22OS/c1-11(2)12-4-3-7-14(15,8-5-12)13-6-9-16-10-13/h6,9-12,15H,3-5,7-8H2,1-2H3. The van der Waals surface area contributed by atoms with Gasteiger partial charge in [-0.2, -0.15) is 11.3 Å². The average molecular weight is 238 g/mol. The molecule has 1 aromatic heterocycles. The topological polar surface area (TPSA) is 20.2 Å². The Kier molecular flexibility index (Phi) is 3.70. The molecule has 1 heterocycles. The molecule has 0 radical (unpaired) electrons. The van der Waals surface area contributed by atoms with Gasteiger partial charge in [0, 0.05) is 0 Å². The number of hydrogen-bond acceptors (Lipinski definition) is 2. The zero-order valence-electron chi connectivity index (χ0n) is 10.3. The lowest BCUT2D eigenvalue weighted by Gasteiger charge is -2.26. The summed E-state index contributed by atoms with van der Waals surface area (Å²) in [6.45, 7) is 4.61. The molecule has 2 unspecified atom stereocenters. The fourth-order valence-electron chi connectivity index (χ4n) is 2.83. The number of aliphatic hydroxyl groups is 1. The largest absolute Gasteiger partial charge is 0.385 e. The number of hydrogen-bond donors (Lipinski definition) is 1. The second-order valence-electron chi connectivity index (χ2n) is 5.48. The predicted molar refractivity (Wildman–Crippen MR) is 69.6 cm³/mol. The monoisotopic (exact) mass is 238 g/mol. The minimum absolute atomic E-state index is 0.538. The van der Waals surface area contributed by atoms with Crippen LogP contribution in [-0.2, 0) is 5.60 Å². The maximum absolute atomic E-state index is 10.7. The average Bonchev–Trinajstić information content (AvgIpc) is 2.70. The Morgan fingerprint density at radius 3 is 2.81 bits per heavy atom. The van der Waals surface area contributed by atoms with Crippen LogP contribution in [0.3, 0.4) is 0 Å². The zero-order valence-corrected chi connectivity index (χ0v) is 11.1. The van der Waals surface area contributed by atoms with Gasteiger partial charge in [-0.15, -0.1) is 0 Å². The van der Waals surface area contributed by atoms with Crippen LogP contribution in [0.1, 0.15) is 51.5 Å². The summed E-state index contributed by atoms with van der Waals surface area (Å²) in [5, 5.41) is 14.9. The van der Waals surface area contributed by atoms with Gasteiger partial charge in [0.2, 0.25) is 0 Å². The van der Waals surface area contributed by atoms with E-state index in [1.54, 1.807) is 11.3 Å². The van der Waals surface area contributed by atoms with Crippen LogP contribution in [0.25, 0.3) is 0 Å². The number of rotatable bonds is 2. The van der Waals surface area contributed by atoms with Crippen molar-refractivity contribution in [1.82, 2.24) is 0 Å². The summed E-state index contributed by atoms with van der Waals surface area (Å²) in [5.74, 6) is 1.55. The van der Waals surface area contributed by atoms with Crippen LogP contribution in [0.15, 0.2) is 16.8 Å². The summed E-state index contributed by atoms with van der Waals surface area (Å²) in [6.07, 6.45) is 5.49. The molecule has 1 nitrogen and oxygen atoms in total. The molecule has 1 saturated carbocycles. The van der Waals surface area contributed by atoms with E-state index in [1.807, 2.05) is 0 Å². The molecular weight excluding hydrogens is 216 g/mol. The van der Waals surface area contributed by atoms with Gasteiger partial charge < -0.3 is 5.11 Å². The summed E-state index contributed by atoms with van der Waals surface area (Å²) in [6, 6.07) is 2.08. The molecule has 0 spiro atoms. The van der Waals surface area contributed by atoms with Crippen molar-refractivity contribution in [2.45, 2.75) is 51.6 Å². The van der Waals surface area contributed by atoms with Gasteiger partial charge in [-0.3, -0.25) is 0 Å². The second-order valence-corrected chi connectivity index (χ2v) is 6.26. The maximum Gasteiger partial charge on any atom is 0.0904 e. The first-order valence-corrected chi connectivity index (χ1v) is 7.31. The molecule has 1 N–H and O–H groups in total. The Labute approximate surface area is 103 Å². The van der Waals surface area contributed by atoms with Crippen molar-refractivity contribution in [2.75, 3.05) is 0 Å². The third kappa shape index (κ3) is 2.49. The zero-order chi connectivity index (χ0) is 11.6. The van der Waals surface area contributed by atoms with Crippen LogP contribution in [0.2, 0.25) is 0 Å². The molecule has 0 bridgehead atoms. The second kappa shape index (κ2) is 4.89. The highest BCUT2D eigenvalue weighted by Crippen LogP contribution is 2.40. The molecule has 2 rings (SSSR count). The highest BCUT2D eigenvalue weighted by Gasteiger charge is 2.33. The Balaban J connectivity index is 2.08. The lowest BCUT2D eigenvalue weighted by molar-refractivity contribution is 0.0195. The molecule has 1 aliphatic rings. The first-order chi connectivity index (χ1) is 7.62. The van der Waals surface area contributed by atoms with Crippen LogP contribution >= 0.6 is 11.3 Å². The highest BCUT2D eigenvalue weighted by molar-refractivity contribution is 7.08. The summed E-state index contributed by atoms with van der Waals surface area (Å²) in [5.41, 5.74) is 0.603. The van der Waals surface area contributed by atoms with Crippen LogP contribution < -0.4 is 0 Å². The lowest BCUT2D eigenvalue weighted by atomic mass is 9.86. The Morgan fingerprint density at radius 1 is 1.38 bits per heavy atom. The molecule has 0 amide bonds. The minimum atomic E-state index is -0.538. The van der Waals surface area contributed by atoms with Crippen molar-refractivity contribution in [3.8, 4) is 0 Å². The van der Waals surface area contributed by atoms with Gasteiger partial charge in [-0.25, -0.2) is 0 Å². The van der Waals surface area contributed by atoms with Crippen LogP contribution in [0, 0.1) is 11.8 Å². The fraction of sp³-hybridized carbons (Fsp3) is 0.714. The Hall–Kier alpha value is -0.340. The first kappa shape index (κ1) is 12.1. The van der Waals surface area contributed by atoms with Crippen LogP contribution in [0.5, 0.6) is 0 Å². The molecule has 2 heteroatoms. The normalized spacial score (nSPS) is 31.6. The van der Waals surface area contributed by atoms with Gasteiger partial charge in [0.15, 0.2) is 0 Å². The quantitative estimate of drug-likeness (QED) is 0.767. The summed E-state index contributed by atoms with van der Waals surface area (Å²) in [4.78, 5) is 0. The third-order valence-electron chi connectivity index (χ3n) is 4.10. The van der Waals surface area contributed by atoms with E-state index >= 15 is 0 Å². The van der Waals surface area contributed by atoms with E-state index in [9.17, 15) is 5.11 Å². The molecule has 16 heavy (non-hydrogen) atoms. The van der Waals surface area contributed by atoms with Crippen LogP contribution in [0.4, 0.5) is 0 Å². The van der Waals surface area contributed by atoms with Gasteiger partial charge in [0.25, 0.3) is 0 Å². The molecule has 0 aromatic carbocycles. The first-order valence-electron chi connectivity index (χ1n) is 6.37. The van der Waals surface area contributed by atoms with Gasteiger partial charge in [-0.05, 0) is 59.9 Å². The summed E-state index contributed by atoms with van der Waals surface area (Å²) >= 11 is 1.69. The van der Waals surface area contributed by atoms with E-state index in [-0.39, 0.29) is 0 Å². The van der Waals surface area contributed by atoms with Crippen molar-refractivity contribution in [3.05, 3.63) is 22.4 Å². The molecule has 2 atom stereocenters. The van der Waals surface area contributed by atoms with E-state index in [0.29, 0.717) is 0 Å². The van der Waals surface area contributed by atoms with Crippen molar-refractivity contribution in [3.63, 3.8) is 0 Å². The lowest BCUT2D eigenvalue weighted by Crippen LogP contribution is -2.24. The highest BCUT2D eigenvalue weighted by atomic mass is 32.1. The van der Waals surface area contributed by atoms with Gasteiger partial charge in [-0.1, -0.05) is 20.3 Å². The van der Waals surface area contributed by atoms with Crippen molar-refractivity contribution >= 4 is 11.3 Å². The SMILES string of the molecule is CC(C)C1CCCC(O)(c2ccsc2)CC1. The Bertz CT molecular complexity index is 317. The van der Waals surface area contributed by atoms with Crippen molar-refractivity contribution in [2.24, 2.45) is 11.8 Å². The van der Waals surface area contributed by atoms with E-state index in [1.165, 1.54) is 12.8 Å². The molecule has 90 valence electrons. The Morgan fingerprint density at radius 2 is 2.19 bits per heavy atom. The molecular formula is C14H22OS. The minimum Gasteiger partial charge on any atom is -0.385 e. The van der Waals surface area contributed by atoms with E-state index in [2.05, 4.69) is 30.7 Å². The van der Waals surface area contributed by atoms with E-state index < -0.39 is 5.60 Å². The molecule has 0 aliphatic heterocycles. The van der Waals surface area contributed by atoms with Gasteiger partial charge in [0.1, 0.15) is 0 Å². The third-order valence-corrected chi connectivity index (χ3v) is 4.78. The molecule has 1 aliphatic carbocycles. The molecule has 1 aromatic rings. The predicted octanol–water partition coefficient (Wildman–Crippen LogP) is 4.17. The van der Waals surface area contributed by atoms with Crippen molar-refractivity contribution < 1.29 is 5.11 Å². The fourth-order valence-corrected chi connectivity index (χ4v) is 3.58. The van der Waals surface area contributed by atoms with E-state index in [0.717, 1.165) is 36.7 Å². The maximum atomic E-state index is 10.7. The molecule has 1 fully saturated rings. The van der Waals surface area contributed by atoms with Crippen LogP contribution in [-0.4, -0.2) is 5.11 Å². The smallest absolute Gasteiger partial charge is 0.0904 e. The summed E-state index contributed by atoms with van der Waals surface area (Å²) in [7, 11) is 0. The van der Waals surface area contributed by atoms with Gasteiger partial charge in [0.05, 0.1) is 5.60 Å².